The van der Waals surface area contributed by atoms with Crippen LogP contribution in [0.2, 0.25) is 5.02 Å². The summed E-state index contributed by atoms with van der Waals surface area (Å²) in [6.07, 6.45) is 0. The van der Waals surface area contributed by atoms with Crippen LogP contribution in [0.15, 0.2) is 12.1 Å². The SMILES string of the molecule is Cc1nc(C(=O)C(C)C)ccc1Cl. The van der Waals surface area contributed by atoms with Gasteiger partial charge in [0.25, 0.3) is 0 Å². The van der Waals surface area contributed by atoms with Crippen molar-refractivity contribution < 1.29 is 4.79 Å². The van der Waals surface area contributed by atoms with E-state index in [2.05, 4.69) is 4.98 Å². The topological polar surface area (TPSA) is 30.0 Å². The van der Waals surface area contributed by atoms with Gasteiger partial charge in [0, 0.05) is 5.92 Å². The molecule has 0 amide bonds. The van der Waals surface area contributed by atoms with Crippen LogP contribution in [0.1, 0.15) is 30.0 Å². The molecule has 13 heavy (non-hydrogen) atoms. The molecule has 0 aromatic carbocycles. The van der Waals surface area contributed by atoms with Crippen molar-refractivity contribution in [2.75, 3.05) is 0 Å². The van der Waals surface area contributed by atoms with E-state index in [0.29, 0.717) is 16.4 Å². The lowest BCUT2D eigenvalue weighted by Gasteiger charge is -2.04. The summed E-state index contributed by atoms with van der Waals surface area (Å²) >= 11 is 5.79. The smallest absolute Gasteiger partial charge is 0.183 e. The van der Waals surface area contributed by atoms with E-state index in [0.717, 1.165) is 0 Å². The van der Waals surface area contributed by atoms with Crippen LogP contribution in [0.5, 0.6) is 0 Å². The zero-order chi connectivity index (χ0) is 10.0. The van der Waals surface area contributed by atoms with E-state index in [-0.39, 0.29) is 11.7 Å². The van der Waals surface area contributed by atoms with Gasteiger partial charge >= 0.3 is 0 Å². The molecule has 0 aliphatic heterocycles. The number of hydrogen-bond donors (Lipinski definition) is 0. The highest BCUT2D eigenvalue weighted by molar-refractivity contribution is 6.31. The number of aryl methyl sites for hydroxylation is 1. The Balaban J connectivity index is 3.04. The van der Waals surface area contributed by atoms with Crippen LogP contribution in [-0.2, 0) is 0 Å². The molecule has 3 heteroatoms. The Morgan fingerprint density at radius 2 is 2.08 bits per heavy atom. The zero-order valence-corrected chi connectivity index (χ0v) is 8.72. The van der Waals surface area contributed by atoms with Crippen molar-refractivity contribution in [2.45, 2.75) is 20.8 Å². The minimum Gasteiger partial charge on any atom is -0.292 e. The summed E-state index contributed by atoms with van der Waals surface area (Å²) in [5.41, 5.74) is 1.20. The van der Waals surface area contributed by atoms with E-state index in [1.807, 2.05) is 13.8 Å². The first-order valence-corrected chi connectivity index (χ1v) is 4.57. The van der Waals surface area contributed by atoms with Gasteiger partial charge in [0.1, 0.15) is 5.69 Å². The second kappa shape index (κ2) is 3.88. The summed E-state index contributed by atoms with van der Waals surface area (Å²) in [6.45, 7) is 5.50. The number of halogens is 1. The maximum Gasteiger partial charge on any atom is 0.183 e. The standard InChI is InChI=1S/C10H12ClNO/c1-6(2)10(13)9-5-4-8(11)7(3)12-9/h4-6H,1-3H3. The van der Waals surface area contributed by atoms with Crippen LogP contribution in [0, 0.1) is 12.8 Å². The quantitative estimate of drug-likeness (QED) is 0.683. The van der Waals surface area contributed by atoms with E-state index in [1.165, 1.54) is 0 Å². The highest BCUT2D eigenvalue weighted by Crippen LogP contribution is 2.14. The predicted molar refractivity (Wildman–Crippen MR) is 53.2 cm³/mol. The Morgan fingerprint density at radius 3 is 2.54 bits per heavy atom. The normalized spacial score (nSPS) is 10.5. The fourth-order valence-corrected chi connectivity index (χ4v) is 1.08. The van der Waals surface area contributed by atoms with Crippen molar-refractivity contribution in [3.63, 3.8) is 0 Å². The van der Waals surface area contributed by atoms with Crippen molar-refractivity contribution in [3.05, 3.63) is 28.5 Å². The number of Topliss-reactive ketones (excluding diaryl/α,β-unsaturated/α-hetero) is 1. The largest absolute Gasteiger partial charge is 0.292 e. The monoisotopic (exact) mass is 197 g/mol. The molecule has 0 radical (unpaired) electrons. The van der Waals surface area contributed by atoms with Gasteiger partial charge in [-0.15, -0.1) is 0 Å². The van der Waals surface area contributed by atoms with Crippen LogP contribution < -0.4 is 0 Å². The van der Waals surface area contributed by atoms with Gasteiger partial charge in [0.05, 0.1) is 10.7 Å². The molecule has 70 valence electrons. The minimum absolute atomic E-state index is 0.0203. The van der Waals surface area contributed by atoms with Crippen LogP contribution in [0.4, 0.5) is 0 Å². The highest BCUT2D eigenvalue weighted by atomic mass is 35.5. The predicted octanol–water partition coefficient (Wildman–Crippen LogP) is 2.88. The number of pyridine rings is 1. The molecule has 1 rings (SSSR count). The molecule has 1 aromatic heterocycles. The number of aromatic nitrogens is 1. The van der Waals surface area contributed by atoms with Crippen LogP contribution in [0.3, 0.4) is 0 Å². The molecule has 0 unspecified atom stereocenters. The molecule has 0 spiro atoms. The molecule has 0 N–H and O–H groups in total. The van der Waals surface area contributed by atoms with E-state index in [1.54, 1.807) is 19.1 Å². The maximum absolute atomic E-state index is 11.5. The summed E-state index contributed by atoms with van der Waals surface area (Å²) < 4.78 is 0. The number of ketones is 1. The lowest BCUT2D eigenvalue weighted by Crippen LogP contribution is -2.10. The lowest BCUT2D eigenvalue weighted by molar-refractivity contribution is 0.0934. The van der Waals surface area contributed by atoms with Gasteiger partial charge in [-0.3, -0.25) is 4.79 Å². The average Bonchev–Trinajstić information content (AvgIpc) is 2.08. The second-order valence-corrected chi connectivity index (χ2v) is 3.69. The Hall–Kier alpha value is -0.890. The van der Waals surface area contributed by atoms with Gasteiger partial charge in [-0.1, -0.05) is 25.4 Å². The first kappa shape index (κ1) is 10.2. The Labute approximate surface area is 82.9 Å². The van der Waals surface area contributed by atoms with Gasteiger partial charge in [0.2, 0.25) is 0 Å². The van der Waals surface area contributed by atoms with Gasteiger partial charge in [0.15, 0.2) is 5.78 Å². The zero-order valence-electron chi connectivity index (χ0n) is 7.97. The third-order valence-corrected chi connectivity index (χ3v) is 2.20. The van der Waals surface area contributed by atoms with Crippen LogP contribution in [0.25, 0.3) is 0 Å². The van der Waals surface area contributed by atoms with Gasteiger partial charge in [-0.05, 0) is 19.1 Å². The Bertz CT molecular complexity index is 334. The summed E-state index contributed by atoms with van der Waals surface area (Å²) in [6, 6.07) is 3.37. The molecular weight excluding hydrogens is 186 g/mol. The highest BCUT2D eigenvalue weighted by Gasteiger charge is 2.12. The third kappa shape index (κ3) is 2.28. The van der Waals surface area contributed by atoms with Crippen molar-refractivity contribution >= 4 is 17.4 Å². The van der Waals surface area contributed by atoms with Gasteiger partial charge < -0.3 is 0 Å². The molecule has 1 aromatic rings. The van der Waals surface area contributed by atoms with Gasteiger partial charge in [-0.2, -0.15) is 0 Å². The van der Waals surface area contributed by atoms with Crippen molar-refractivity contribution in [3.8, 4) is 0 Å². The summed E-state index contributed by atoms with van der Waals surface area (Å²) in [5.74, 6) is 0.0350. The van der Waals surface area contributed by atoms with E-state index in [4.69, 9.17) is 11.6 Å². The molecule has 0 aliphatic rings. The number of carbonyl (C=O) groups is 1. The van der Waals surface area contributed by atoms with E-state index in [9.17, 15) is 4.79 Å². The number of hydrogen-bond acceptors (Lipinski definition) is 2. The second-order valence-electron chi connectivity index (χ2n) is 3.28. The van der Waals surface area contributed by atoms with Crippen molar-refractivity contribution in [1.29, 1.82) is 0 Å². The third-order valence-electron chi connectivity index (χ3n) is 1.80. The molecule has 1 heterocycles. The van der Waals surface area contributed by atoms with Gasteiger partial charge in [-0.25, -0.2) is 4.98 Å². The molecule has 0 atom stereocenters. The number of carbonyl (C=O) groups excluding carboxylic acids is 1. The molecule has 0 bridgehead atoms. The van der Waals surface area contributed by atoms with Crippen LogP contribution >= 0.6 is 11.6 Å². The number of rotatable bonds is 2. The average molecular weight is 198 g/mol. The molecule has 0 fully saturated rings. The first-order valence-electron chi connectivity index (χ1n) is 4.19. The summed E-state index contributed by atoms with van der Waals surface area (Å²) in [7, 11) is 0. The fraction of sp³-hybridized carbons (Fsp3) is 0.400. The molecule has 0 saturated carbocycles. The first-order chi connectivity index (χ1) is 6.02. The minimum atomic E-state index is -0.0203. The Kier molecular flexibility index (Phi) is 3.04. The van der Waals surface area contributed by atoms with E-state index < -0.39 is 0 Å². The van der Waals surface area contributed by atoms with Crippen LogP contribution in [-0.4, -0.2) is 10.8 Å². The molecule has 0 aliphatic carbocycles. The molecule has 2 nitrogen and oxygen atoms in total. The number of nitrogens with zero attached hydrogens (tertiary/aromatic N) is 1. The van der Waals surface area contributed by atoms with E-state index >= 15 is 0 Å². The molecular formula is C10H12ClNO. The summed E-state index contributed by atoms with van der Waals surface area (Å²) in [5, 5.41) is 0.598. The maximum atomic E-state index is 11.5. The van der Waals surface area contributed by atoms with Crippen molar-refractivity contribution in [1.82, 2.24) is 4.98 Å². The molecule has 0 saturated heterocycles. The Morgan fingerprint density at radius 1 is 1.46 bits per heavy atom. The van der Waals surface area contributed by atoms with Crippen molar-refractivity contribution in [2.24, 2.45) is 5.92 Å². The lowest BCUT2D eigenvalue weighted by atomic mass is 10.1. The summed E-state index contributed by atoms with van der Waals surface area (Å²) in [4.78, 5) is 15.6. The fourth-order valence-electron chi connectivity index (χ4n) is 0.977.